The minimum Gasteiger partial charge on any atom is -0.466 e. The standard InChI is InChI=1S/C16H22O4/c1-5-19-16(18)14(11(2)3)12(4)20-15(17)13-9-7-6-8-10-13/h6-12,14H,5H2,1-4H3. The van der Waals surface area contributed by atoms with E-state index in [1.807, 2.05) is 19.9 Å². The monoisotopic (exact) mass is 278 g/mol. The maximum absolute atomic E-state index is 12.0. The summed E-state index contributed by atoms with van der Waals surface area (Å²) in [5.74, 6) is -1.17. The number of ether oxygens (including phenoxy) is 2. The normalized spacial score (nSPS) is 13.7. The maximum Gasteiger partial charge on any atom is 0.338 e. The van der Waals surface area contributed by atoms with E-state index < -0.39 is 18.0 Å². The average molecular weight is 278 g/mol. The van der Waals surface area contributed by atoms with Gasteiger partial charge in [0.05, 0.1) is 18.1 Å². The molecule has 0 heterocycles. The summed E-state index contributed by atoms with van der Waals surface area (Å²) in [5, 5.41) is 0. The van der Waals surface area contributed by atoms with Crippen LogP contribution in [-0.4, -0.2) is 24.6 Å². The molecular weight excluding hydrogens is 256 g/mol. The molecule has 0 aliphatic carbocycles. The van der Waals surface area contributed by atoms with E-state index in [9.17, 15) is 9.59 Å². The van der Waals surface area contributed by atoms with Gasteiger partial charge in [-0.05, 0) is 31.9 Å². The third-order valence-corrected chi connectivity index (χ3v) is 3.09. The maximum atomic E-state index is 12.0. The van der Waals surface area contributed by atoms with E-state index in [4.69, 9.17) is 9.47 Å². The molecule has 0 saturated carbocycles. The summed E-state index contributed by atoms with van der Waals surface area (Å²) in [4.78, 5) is 23.9. The molecular formula is C16H22O4. The zero-order chi connectivity index (χ0) is 15.1. The van der Waals surface area contributed by atoms with E-state index >= 15 is 0 Å². The van der Waals surface area contributed by atoms with Crippen molar-refractivity contribution in [3.05, 3.63) is 35.9 Å². The van der Waals surface area contributed by atoms with Crippen molar-refractivity contribution in [2.75, 3.05) is 6.61 Å². The Morgan fingerprint density at radius 1 is 1.10 bits per heavy atom. The first-order chi connectivity index (χ1) is 9.47. The third kappa shape index (κ3) is 4.37. The smallest absolute Gasteiger partial charge is 0.338 e. The first kappa shape index (κ1) is 16.2. The fourth-order valence-electron chi connectivity index (χ4n) is 2.13. The number of hydrogen-bond donors (Lipinski definition) is 0. The van der Waals surface area contributed by atoms with Gasteiger partial charge in [-0.25, -0.2) is 4.79 Å². The second kappa shape index (κ2) is 7.68. The molecule has 2 atom stereocenters. The lowest BCUT2D eigenvalue weighted by Gasteiger charge is -2.25. The number of rotatable bonds is 6. The third-order valence-electron chi connectivity index (χ3n) is 3.09. The largest absolute Gasteiger partial charge is 0.466 e. The van der Waals surface area contributed by atoms with Crippen molar-refractivity contribution < 1.29 is 19.1 Å². The number of carbonyl (C=O) groups excluding carboxylic acids is 2. The molecule has 0 amide bonds. The molecule has 0 aromatic heterocycles. The van der Waals surface area contributed by atoms with Crippen molar-refractivity contribution in [2.45, 2.75) is 33.8 Å². The molecule has 0 N–H and O–H groups in total. The fourth-order valence-corrected chi connectivity index (χ4v) is 2.13. The van der Waals surface area contributed by atoms with Gasteiger partial charge in [0.25, 0.3) is 0 Å². The van der Waals surface area contributed by atoms with E-state index in [1.54, 1.807) is 38.1 Å². The van der Waals surface area contributed by atoms with Crippen molar-refractivity contribution in [1.29, 1.82) is 0 Å². The van der Waals surface area contributed by atoms with Gasteiger partial charge in [-0.3, -0.25) is 4.79 Å². The molecule has 110 valence electrons. The predicted molar refractivity (Wildman–Crippen MR) is 76.3 cm³/mol. The Labute approximate surface area is 120 Å². The second-order valence-corrected chi connectivity index (χ2v) is 5.00. The van der Waals surface area contributed by atoms with E-state index in [2.05, 4.69) is 0 Å². The van der Waals surface area contributed by atoms with Crippen molar-refractivity contribution in [2.24, 2.45) is 11.8 Å². The summed E-state index contributed by atoms with van der Waals surface area (Å²) in [6.45, 7) is 7.63. The number of hydrogen-bond acceptors (Lipinski definition) is 4. The number of benzene rings is 1. The Morgan fingerprint density at radius 2 is 1.70 bits per heavy atom. The first-order valence-corrected chi connectivity index (χ1v) is 6.90. The van der Waals surface area contributed by atoms with Crippen LogP contribution < -0.4 is 0 Å². The van der Waals surface area contributed by atoms with Crippen LogP contribution in [0, 0.1) is 11.8 Å². The molecule has 0 bridgehead atoms. The van der Waals surface area contributed by atoms with Gasteiger partial charge in [0.2, 0.25) is 0 Å². The molecule has 20 heavy (non-hydrogen) atoms. The highest BCUT2D eigenvalue weighted by Crippen LogP contribution is 2.21. The van der Waals surface area contributed by atoms with Crippen LogP contribution in [0.2, 0.25) is 0 Å². The van der Waals surface area contributed by atoms with E-state index in [0.29, 0.717) is 12.2 Å². The minimum absolute atomic E-state index is 0.0348. The molecule has 1 rings (SSSR count). The van der Waals surface area contributed by atoms with Crippen molar-refractivity contribution in [3.63, 3.8) is 0 Å². The molecule has 0 saturated heterocycles. The minimum atomic E-state index is -0.526. The van der Waals surface area contributed by atoms with Gasteiger partial charge in [-0.15, -0.1) is 0 Å². The second-order valence-electron chi connectivity index (χ2n) is 5.00. The highest BCUT2D eigenvalue weighted by Gasteiger charge is 2.32. The summed E-state index contributed by atoms with van der Waals surface area (Å²) in [7, 11) is 0. The molecule has 2 unspecified atom stereocenters. The molecule has 1 aromatic carbocycles. The molecule has 1 aromatic rings. The van der Waals surface area contributed by atoms with Gasteiger partial charge < -0.3 is 9.47 Å². The molecule has 0 fully saturated rings. The molecule has 4 nitrogen and oxygen atoms in total. The Kier molecular flexibility index (Phi) is 6.22. The molecule has 0 aliphatic rings. The van der Waals surface area contributed by atoms with Gasteiger partial charge >= 0.3 is 11.9 Å². The molecule has 4 heteroatoms. The van der Waals surface area contributed by atoms with Gasteiger partial charge in [0.15, 0.2) is 0 Å². The lowest BCUT2D eigenvalue weighted by molar-refractivity contribution is -0.153. The van der Waals surface area contributed by atoms with Gasteiger partial charge in [-0.2, -0.15) is 0 Å². The number of esters is 2. The zero-order valence-electron chi connectivity index (χ0n) is 12.5. The first-order valence-electron chi connectivity index (χ1n) is 6.90. The average Bonchev–Trinajstić information content (AvgIpc) is 2.39. The van der Waals surface area contributed by atoms with Crippen LogP contribution in [-0.2, 0) is 14.3 Å². The van der Waals surface area contributed by atoms with Crippen LogP contribution in [0.3, 0.4) is 0 Å². The Morgan fingerprint density at radius 3 is 2.20 bits per heavy atom. The lowest BCUT2D eigenvalue weighted by atomic mass is 9.91. The van der Waals surface area contributed by atoms with Crippen LogP contribution in [0.1, 0.15) is 38.1 Å². The van der Waals surface area contributed by atoms with Gasteiger partial charge in [0.1, 0.15) is 6.10 Å². The van der Waals surface area contributed by atoms with Crippen LogP contribution in [0.25, 0.3) is 0 Å². The lowest BCUT2D eigenvalue weighted by Crippen LogP contribution is -2.35. The number of carbonyl (C=O) groups is 2. The van der Waals surface area contributed by atoms with Gasteiger partial charge in [0, 0.05) is 0 Å². The summed E-state index contributed by atoms with van der Waals surface area (Å²) in [6, 6.07) is 8.74. The Balaban J connectivity index is 2.74. The van der Waals surface area contributed by atoms with Crippen LogP contribution in [0.15, 0.2) is 30.3 Å². The summed E-state index contributed by atoms with van der Waals surface area (Å²) >= 11 is 0. The summed E-state index contributed by atoms with van der Waals surface area (Å²) in [6.07, 6.45) is -0.526. The van der Waals surface area contributed by atoms with Crippen molar-refractivity contribution >= 4 is 11.9 Å². The summed E-state index contributed by atoms with van der Waals surface area (Å²) < 4.78 is 10.4. The molecule has 0 aliphatic heterocycles. The summed E-state index contributed by atoms with van der Waals surface area (Å²) in [5.41, 5.74) is 0.478. The van der Waals surface area contributed by atoms with Crippen LogP contribution >= 0.6 is 0 Å². The quantitative estimate of drug-likeness (QED) is 0.750. The predicted octanol–water partition coefficient (Wildman–Crippen LogP) is 3.07. The van der Waals surface area contributed by atoms with Crippen LogP contribution in [0.5, 0.6) is 0 Å². The fraction of sp³-hybridized carbons (Fsp3) is 0.500. The highest BCUT2D eigenvalue weighted by atomic mass is 16.6. The van der Waals surface area contributed by atoms with E-state index in [0.717, 1.165) is 0 Å². The van der Waals surface area contributed by atoms with Crippen molar-refractivity contribution in [3.8, 4) is 0 Å². The Hall–Kier alpha value is -1.84. The zero-order valence-corrected chi connectivity index (χ0v) is 12.5. The Bertz CT molecular complexity index is 439. The van der Waals surface area contributed by atoms with Gasteiger partial charge in [-0.1, -0.05) is 32.0 Å². The SMILES string of the molecule is CCOC(=O)C(C(C)C)C(C)OC(=O)c1ccccc1. The molecule has 0 spiro atoms. The van der Waals surface area contributed by atoms with E-state index in [-0.39, 0.29) is 11.9 Å². The van der Waals surface area contributed by atoms with E-state index in [1.165, 1.54) is 0 Å². The molecule has 0 radical (unpaired) electrons. The van der Waals surface area contributed by atoms with Crippen LogP contribution in [0.4, 0.5) is 0 Å². The van der Waals surface area contributed by atoms with Crippen molar-refractivity contribution in [1.82, 2.24) is 0 Å². The highest BCUT2D eigenvalue weighted by molar-refractivity contribution is 5.89. The topological polar surface area (TPSA) is 52.6 Å².